The standard InChI is InChI=1S/C9H10N2O2Te/c10-6(9(12)13)3-5-4-11-7-1-2-14-8(5)7/h1-2,4,6,11H,3,10H2,(H,12,13). The summed E-state index contributed by atoms with van der Waals surface area (Å²) < 4.78 is 3.49. The number of aromatic nitrogens is 1. The SMILES string of the molecule is NC(Cc1c[nH]c2cc[te]c12)C(=O)O. The van der Waals surface area contributed by atoms with Crippen LogP contribution in [0.2, 0.25) is 0 Å². The van der Waals surface area contributed by atoms with Gasteiger partial charge in [0.15, 0.2) is 0 Å². The van der Waals surface area contributed by atoms with E-state index < -0.39 is 12.0 Å². The zero-order chi connectivity index (χ0) is 10.1. The first-order chi connectivity index (χ1) is 6.68. The van der Waals surface area contributed by atoms with Gasteiger partial charge >= 0.3 is 90.3 Å². The number of nitrogens with two attached hydrogens (primary N) is 1. The summed E-state index contributed by atoms with van der Waals surface area (Å²) in [6.07, 6.45) is 2.30. The molecule has 2 aromatic rings. The molecule has 0 saturated heterocycles. The molecule has 0 spiro atoms. The van der Waals surface area contributed by atoms with Gasteiger partial charge in [-0.15, -0.1) is 0 Å². The summed E-state index contributed by atoms with van der Waals surface area (Å²) in [6.45, 7) is 0. The molecule has 14 heavy (non-hydrogen) atoms. The zero-order valence-corrected chi connectivity index (χ0v) is 9.69. The molecular weight excluding hydrogens is 296 g/mol. The summed E-state index contributed by atoms with van der Waals surface area (Å²) in [6, 6.07) is 1.27. The topological polar surface area (TPSA) is 79.1 Å². The number of rotatable bonds is 3. The minimum absolute atomic E-state index is 0.246. The Morgan fingerprint density at radius 1 is 1.71 bits per heavy atom. The van der Waals surface area contributed by atoms with E-state index in [4.69, 9.17) is 10.8 Å². The number of aromatic amines is 1. The van der Waals surface area contributed by atoms with Gasteiger partial charge in [-0.25, -0.2) is 0 Å². The summed E-state index contributed by atoms with van der Waals surface area (Å²) in [5.41, 5.74) is 7.69. The molecule has 0 aromatic carbocycles. The van der Waals surface area contributed by atoms with Gasteiger partial charge < -0.3 is 0 Å². The normalized spacial score (nSPS) is 13.2. The van der Waals surface area contributed by atoms with E-state index in [1.54, 1.807) is 0 Å². The molecule has 0 radical (unpaired) electrons. The van der Waals surface area contributed by atoms with E-state index in [-0.39, 0.29) is 20.4 Å². The minimum atomic E-state index is -0.938. The fourth-order valence-corrected chi connectivity index (χ4v) is 3.91. The molecule has 2 aromatic heterocycles. The van der Waals surface area contributed by atoms with Crippen LogP contribution in [-0.2, 0) is 11.2 Å². The Bertz CT molecular complexity index is 460. The molecule has 0 aliphatic heterocycles. The molecular formula is C9H10N2O2Te. The molecule has 4 nitrogen and oxygen atoms in total. The van der Waals surface area contributed by atoms with Crippen LogP contribution in [0.4, 0.5) is 0 Å². The van der Waals surface area contributed by atoms with Crippen molar-refractivity contribution in [3.63, 3.8) is 0 Å². The van der Waals surface area contributed by atoms with Crippen LogP contribution < -0.4 is 5.73 Å². The number of nitrogens with one attached hydrogen (secondary N) is 1. The third-order valence-electron chi connectivity index (χ3n) is 2.12. The second-order valence-electron chi connectivity index (χ2n) is 3.13. The molecule has 2 rings (SSSR count). The van der Waals surface area contributed by atoms with E-state index in [1.807, 2.05) is 6.20 Å². The molecule has 0 aliphatic carbocycles. The molecule has 0 bridgehead atoms. The molecule has 0 saturated carbocycles. The van der Waals surface area contributed by atoms with Gasteiger partial charge in [-0.1, -0.05) is 0 Å². The predicted molar refractivity (Wildman–Crippen MR) is 54.6 cm³/mol. The first-order valence-electron chi connectivity index (χ1n) is 4.20. The Morgan fingerprint density at radius 2 is 2.50 bits per heavy atom. The van der Waals surface area contributed by atoms with Crippen molar-refractivity contribution in [2.45, 2.75) is 12.5 Å². The number of carboxylic acid groups (broad SMARTS) is 1. The summed E-state index contributed by atoms with van der Waals surface area (Å²) in [4.78, 5) is 13.7. The number of carboxylic acids is 1. The van der Waals surface area contributed by atoms with Crippen molar-refractivity contribution < 1.29 is 9.90 Å². The summed E-state index contributed by atoms with van der Waals surface area (Å²) in [5, 5.41) is 8.69. The summed E-state index contributed by atoms with van der Waals surface area (Å²) in [7, 11) is 0. The van der Waals surface area contributed by atoms with Crippen LogP contribution >= 0.6 is 0 Å². The van der Waals surface area contributed by atoms with Gasteiger partial charge in [-0.05, 0) is 0 Å². The molecule has 1 atom stereocenters. The van der Waals surface area contributed by atoms with Crippen LogP contribution in [0.5, 0.6) is 0 Å². The second kappa shape index (κ2) is 3.77. The average Bonchev–Trinajstić information content (AvgIpc) is 2.69. The van der Waals surface area contributed by atoms with Crippen LogP contribution in [0.3, 0.4) is 0 Å². The van der Waals surface area contributed by atoms with Crippen molar-refractivity contribution in [1.82, 2.24) is 4.98 Å². The van der Waals surface area contributed by atoms with E-state index in [0.717, 1.165) is 11.1 Å². The quantitative estimate of drug-likeness (QED) is 0.708. The maximum atomic E-state index is 10.6. The van der Waals surface area contributed by atoms with Crippen LogP contribution in [0.25, 0.3) is 8.92 Å². The van der Waals surface area contributed by atoms with Crippen molar-refractivity contribution in [3.8, 4) is 0 Å². The molecule has 5 heteroatoms. The third kappa shape index (κ3) is 1.71. The van der Waals surface area contributed by atoms with Gasteiger partial charge in [-0.2, -0.15) is 0 Å². The fraction of sp³-hybridized carbons (Fsp3) is 0.222. The Kier molecular flexibility index (Phi) is 2.64. The summed E-state index contributed by atoms with van der Waals surface area (Å²) in [5.74, 6) is -0.938. The predicted octanol–water partition coefficient (Wildman–Crippen LogP) is 0.179. The van der Waals surface area contributed by atoms with Crippen LogP contribution in [0.1, 0.15) is 5.56 Å². The molecule has 0 aliphatic rings. The van der Waals surface area contributed by atoms with E-state index in [0.29, 0.717) is 6.42 Å². The third-order valence-corrected chi connectivity index (χ3v) is 4.94. The van der Waals surface area contributed by atoms with Gasteiger partial charge in [0.05, 0.1) is 0 Å². The number of H-pyrrole nitrogens is 1. The van der Waals surface area contributed by atoms with Gasteiger partial charge in [0.2, 0.25) is 0 Å². The monoisotopic (exact) mass is 308 g/mol. The Hall–Kier alpha value is -0.760. The summed E-state index contributed by atoms with van der Waals surface area (Å²) >= 11 is -0.246. The average molecular weight is 306 g/mol. The van der Waals surface area contributed by atoms with Crippen molar-refractivity contribution in [3.05, 3.63) is 21.9 Å². The van der Waals surface area contributed by atoms with Crippen molar-refractivity contribution >= 4 is 35.3 Å². The Labute approximate surface area is 90.3 Å². The number of hydrogen-bond donors (Lipinski definition) is 3. The van der Waals surface area contributed by atoms with Crippen LogP contribution in [0.15, 0.2) is 16.3 Å². The number of hydrogen-bond acceptors (Lipinski definition) is 2. The van der Waals surface area contributed by atoms with Gasteiger partial charge in [0.25, 0.3) is 0 Å². The Balaban J connectivity index is 2.27. The van der Waals surface area contributed by atoms with E-state index in [1.165, 1.54) is 3.40 Å². The van der Waals surface area contributed by atoms with Crippen LogP contribution in [-0.4, -0.2) is 42.5 Å². The van der Waals surface area contributed by atoms with E-state index >= 15 is 0 Å². The zero-order valence-electron chi connectivity index (χ0n) is 7.36. The molecule has 2 heterocycles. The molecule has 0 fully saturated rings. The number of fused-ring (bicyclic) bond motifs is 1. The fourth-order valence-electron chi connectivity index (χ4n) is 1.38. The van der Waals surface area contributed by atoms with Crippen molar-refractivity contribution in [2.75, 3.05) is 0 Å². The Morgan fingerprint density at radius 3 is 3.21 bits per heavy atom. The first-order valence-corrected chi connectivity index (χ1v) is 6.71. The van der Waals surface area contributed by atoms with E-state index in [2.05, 4.69) is 15.1 Å². The molecule has 0 amide bonds. The first kappa shape index (κ1) is 9.78. The van der Waals surface area contributed by atoms with Crippen molar-refractivity contribution in [1.29, 1.82) is 0 Å². The maximum absolute atomic E-state index is 10.6. The second-order valence-corrected chi connectivity index (χ2v) is 5.74. The van der Waals surface area contributed by atoms with Crippen molar-refractivity contribution in [2.24, 2.45) is 5.73 Å². The van der Waals surface area contributed by atoms with Gasteiger partial charge in [-0.3, -0.25) is 0 Å². The molecule has 74 valence electrons. The van der Waals surface area contributed by atoms with E-state index in [9.17, 15) is 4.79 Å². The van der Waals surface area contributed by atoms with Gasteiger partial charge in [0.1, 0.15) is 0 Å². The number of carbonyl (C=O) groups is 1. The van der Waals surface area contributed by atoms with Crippen LogP contribution in [0, 0.1) is 0 Å². The number of aliphatic carboxylic acids is 1. The molecule has 1 unspecified atom stereocenters. The molecule has 4 N–H and O–H groups in total. The van der Waals surface area contributed by atoms with Gasteiger partial charge in [0, 0.05) is 0 Å².